The van der Waals surface area contributed by atoms with E-state index in [1.807, 2.05) is 0 Å². The maximum absolute atomic E-state index is 11.7. The van der Waals surface area contributed by atoms with E-state index in [2.05, 4.69) is 0 Å². The normalized spacial score (nSPS) is 20.2. The lowest BCUT2D eigenvalue weighted by Crippen LogP contribution is -2.53. The molecular formula is C12H12N2O6. The summed E-state index contributed by atoms with van der Waals surface area (Å²) in [5.41, 5.74) is 0. The molecule has 1 N–H and O–H groups in total. The van der Waals surface area contributed by atoms with Crippen LogP contribution < -0.4 is 0 Å². The monoisotopic (exact) mass is 280 g/mol. The first kappa shape index (κ1) is 13.9. The van der Waals surface area contributed by atoms with Crippen molar-refractivity contribution in [3.63, 3.8) is 0 Å². The van der Waals surface area contributed by atoms with Crippen molar-refractivity contribution in [1.82, 2.24) is 9.80 Å². The number of carboxylic acid groups (broad SMARTS) is 1. The molecule has 20 heavy (non-hydrogen) atoms. The van der Waals surface area contributed by atoms with E-state index >= 15 is 0 Å². The van der Waals surface area contributed by atoms with Crippen LogP contribution in [0.15, 0.2) is 12.2 Å². The Morgan fingerprint density at radius 3 is 2.00 bits per heavy atom. The SMILES string of the molecule is O=C(O)CCC(N1C(=O)C=CC1=O)N1C(=O)CCC1=O. The van der Waals surface area contributed by atoms with Crippen molar-refractivity contribution < 1.29 is 29.1 Å². The number of aliphatic carboxylic acids is 1. The fourth-order valence-electron chi connectivity index (χ4n) is 2.26. The predicted octanol–water partition coefficient (Wildman–Crippen LogP) is -0.749. The number of carboxylic acids is 1. The molecule has 8 nitrogen and oxygen atoms in total. The zero-order valence-corrected chi connectivity index (χ0v) is 10.4. The van der Waals surface area contributed by atoms with Gasteiger partial charge in [-0.05, 0) is 6.42 Å². The molecule has 4 amide bonds. The Balaban J connectivity index is 2.27. The van der Waals surface area contributed by atoms with Gasteiger partial charge in [0.05, 0.1) is 0 Å². The van der Waals surface area contributed by atoms with Crippen LogP contribution in [-0.2, 0) is 24.0 Å². The summed E-state index contributed by atoms with van der Waals surface area (Å²) in [6, 6.07) is 0. The van der Waals surface area contributed by atoms with Crippen LogP contribution in [-0.4, -0.2) is 50.7 Å². The van der Waals surface area contributed by atoms with Crippen LogP contribution in [0.1, 0.15) is 25.7 Å². The summed E-state index contributed by atoms with van der Waals surface area (Å²) in [4.78, 5) is 59.0. The summed E-state index contributed by atoms with van der Waals surface area (Å²) in [6.07, 6.45) is 0.370. The Labute approximate surface area is 113 Å². The smallest absolute Gasteiger partial charge is 0.303 e. The van der Waals surface area contributed by atoms with Gasteiger partial charge in [-0.15, -0.1) is 0 Å². The Bertz CT molecular complexity index is 502. The Morgan fingerprint density at radius 1 is 1.05 bits per heavy atom. The van der Waals surface area contributed by atoms with Crippen LogP contribution in [0.2, 0.25) is 0 Å². The molecule has 0 aromatic rings. The highest BCUT2D eigenvalue weighted by Gasteiger charge is 2.42. The second-order valence-corrected chi connectivity index (χ2v) is 4.45. The average Bonchev–Trinajstić information content (AvgIpc) is 2.87. The lowest BCUT2D eigenvalue weighted by atomic mass is 10.2. The second kappa shape index (κ2) is 5.24. The molecule has 1 unspecified atom stereocenters. The van der Waals surface area contributed by atoms with E-state index in [0.717, 1.165) is 22.0 Å². The van der Waals surface area contributed by atoms with Crippen molar-refractivity contribution in [2.45, 2.75) is 31.8 Å². The van der Waals surface area contributed by atoms with Crippen LogP contribution in [0.5, 0.6) is 0 Å². The summed E-state index contributed by atoms with van der Waals surface area (Å²) < 4.78 is 0. The van der Waals surface area contributed by atoms with Crippen LogP contribution in [0.3, 0.4) is 0 Å². The van der Waals surface area contributed by atoms with Gasteiger partial charge >= 0.3 is 5.97 Å². The van der Waals surface area contributed by atoms with E-state index in [1.165, 1.54) is 0 Å². The zero-order chi connectivity index (χ0) is 14.9. The number of likely N-dealkylation sites (tertiary alicyclic amines) is 1. The van der Waals surface area contributed by atoms with Crippen LogP contribution in [0, 0.1) is 0 Å². The topological polar surface area (TPSA) is 112 Å². The molecule has 1 fully saturated rings. The maximum atomic E-state index is 11.7. The summed E-state index contributed by atoms with van der Waals surface area (Å²) in [5.74, 6) is -3.45. The third-order valence-corrected chi connectivity index (χ3v) is 3.15. The molecule has 106 valence electrons. The number of carbonyl (C=O) groups excluding carboxylic acids is 4. The lowest BCUT2D eigenvalue weighted by Gasteiger charge is -2.32. The van der Waals surface area contributed by atoms with Crippen LogP contribution in [0.4, 0.5) is 0 Å². The molecule has 0 radical (unpaired) electrons. The van der Waals surface area contributed by atoms with Crippen molar-refractivity contribution >= 4 is 29.6 Å². The lowest BCUT2D eigenvalue weighted by molar-refractivity contribution is -0.155. The van der Waals surface area contributed by atoms with E-state index in [9.17, 15) is 24.0 Å². The fraction of sp³-hybridized carbons (Fsp3) is 0.417. The van der Waals surface area contributed by atoms with Crippen LogP contribution in [0.25, 0.3) is 0 Å². The molecule has 2 aliphatic heterocycles. The Kier molecular flexibility index (Phi) is 3.64. The molecule has 8 heteroatoms. The minimum absolute atomic E-state index is 0.00601. The highest BCUT2D eigenvalue weighted by molar-refractivity contribution is 6.14. The summed E-state index contributed by atoms with van der Waals surface area (Å²) in [7, 11) is 0. The molecule has 0 saturated carbocycles. The van der Waals surface area contributed by atoms with Crippen molar-refractivity contribution in [3.05, 3.63) is 12.2 Å². The molecule has 1 atom stereocenters. The number of imide groups is 2. The largest absolute Gasteiger partial charge is 0.481 e. The van der Waals surface area contributed by atoms with Crippen molar-refractivity contribution in [2.24, 2.45) is 0 Å². The van der Waals surface area contributed by atoms with Gasteiger partial charge in [0, 0.05) is 31.4 Å². The standard InChI is InChI=1S/C12H12N2O6/c15-8-2-3-9(16)13(8)7(1-6-12(19)20)14-10(17)4-5-11(14)18/h2-3,7H,1,4-6H2,(H,19,20). The van der Waals surface area contributed by atoms with Crippen molar-refractivity contribution in [1.29, 1.82) is 0 Å². The van der Waals surface area contributed by atoms with E-state index < -0.39 is 35.8 Å². The molecule has 0 aromatic heterocycles. The van der Waals surface area contributed by atoms with Gasteiger partial charge < -0.3 is 5.11 Å². The van der Waals surface area contributed by atoms with Gasteiger partial charge in [0.2, 0.25) is 11.8 Å². The molecular weight excluding hydrogens is 268 g/mol. The Morgan fingerprint density at radius 2 is 1.55 bits per heavy atom. The highest BCUT2D eigenvalue weighted by atomic mass is 16.4. The van der Waals surface area contributed by atoms with Gasteiger partial charge in [-0.1, -0.05) is 0 Å². The number of hydrogen-bond donors (Lipinski definition) is 1. The summed E-state index contributed by atoms with van der Waals surface area (Å²) in [5, 5.41) is 8.72. The van der Waals surface area contributed by atoms with Gasteiger partial charge in [0.1, 0.15) is 6.17 Å². The summed E-state index contributed by atoms with van der Waals surface area (Å²) in [6.45, 7) is 0. The molecule has 2 rings (SSSR count). The molecule has 2 heterocycles. The minimum atomic E-state index is -1.16. The van der Waals surface area contributed by atoms with Crippen molar-refractivity contribution in [3.8, 4) is 0 Å². The number of hydrogen-bond acceptors (Lipinski definition) is 5. The predicted molar refractivity (Wildman–Crippen MR) is 62.7 cm³/mol. The quantitative estimate of drug-likeness (QED) is 0.663. The molecule has 0 aromatic carbocycles. The number of nitrogens with zero attached hydrogens (tertiary/aromatic N) is 2. The average molecular weight is 280 g/mol. The number of rotatable bonds is 5. The first-order chi connectivity index (χ1) is 9.41. The third kappa shape index (κ3) is 2.44. The van der Waals surface area contributed by atoms with Gasteiger partial charge in [-0.3, -0.25) is 33.8 Å². The van der Waals surface area contributed by atoms with Crippen molar-refractivity contribution in [2.75, 3.05) is 0 Å². The number of amides is 4. The summed E-state index contributed by atoms with van der Waals surface area (Å²) >= 11 is 0. The first-order valence-electron chi connectivity index (χ1n) is 6.03. The van der Waals surface area contributed by atoms with Gasteiger partial charge in [0.15, 0.2) is 0 Å². The van der Waals surface area contributed by atoms with E-state index in [-0.39, 0.29) is 25.7 Å². The van der Waals surface area contributed by atoms with E-state index in [1.54, 1.807) is 0 Å². The van der Waals surface area contributed by atoms with E-state index in [4.69, 9.17) is 5.11 Å². The highest BCUT2D eigenvalue weighted by Crippen LogP contribution is 2.23. The molecule has 0 bridgehead atoms. The Hall–Kier alpha value is -2.51. The first-order valence-corrected chi connectivity index (χ1v) is 6.03. The molecule has 0 spiro atoms. The molecule has 1 saturated heterocycles. The zero-order valence-electron chi connectivity index (χ0n) is 10.4. The molecule has 0 aliphatic carbocycles. The number of carbonyl (C=O) groups is 5. The molecule has 2 aliphatic rings. The van der Waals surface area contributed by atoms with Gasteiger partial charge in [-0.2, -0.15) is 0 Å². The van der Waals surface area contributed by atoms with E-state index in [0.29, 0.717) is 0 Å². The van der Waals surface area contributed by atoms with Gasteiger partial charge in [-0.25, -0.2) is 0 Å². The minimum Gasteiger partial charge on any atom is -0.481 e. The maximum Gasteiger partial charge on any atom is 0.303 e. The second-order valence-electron chi connectivity index (χ2n) is 4.45. The van der Waals surface area contributed by atoms with Crippen LogP contribution >= 0.6 is 0 Å². The fourth-order valence-corrected chi connectivity index (χ4v) is 2.26. The third-order valence-electron chi connectivity index (χ3n) is 3.15. The van der Waals surface area contributed by atoms with Gasteiger partial charge in [0.25, 0.3) is 11.8 Å².